The van der Waals surface area contributed by atoms with E-state index in [0.717, 1.165) is 30.7 Å². The topological polar surface area (TPSA) is 87.7 Å². The minimum absolute atomic E-state index is 0.132. The van der Waals surface area contributed by atoms with Crippen molar-refractivity contribution in [3.8, 4) is 5.75 Å². The van der Waals surface area contributed by atoms with Crippen molar-refractivity contribution in [2.75, 3.05) is 26.7 Å². The maximum absolute atomic E-state index is 12.2. The molecule has 0 saturated carbocycles. The van der Waals surface area contributed by atoms with Gasteiger partial charge >= 0.3 is 0 Å². The zero-order chi connectivity index (χ0) is 18.9. The highest BCUT2D eigenvalue weighted by Gasteiger charge is 2.20. The van der Waals surface area contributed by atoms with Crippen LogP contribution in [0.2, 0.25) is 0 Å². The quantitative estimate of drug-likeness (QED) is 0.651. The average Bonchev–Trinajstić information content (AvgIpc) is 3.03. The lowest BCUT2D eigenvalue weighted by atomic mass is 10.0. The highest BCUT2D eigenvalue weighted by atomic mass is 16.5. The smallest absolute Gasteiger partial charge is 0.222 e. The highest BCUT2D eigenvalue weighted by molar-refractivity contribution is 5.79. The van der Waals surface area contributed by atoms with Crippen LogP contribution in [0.15, 0.2) is 24.3 Å². The maximum atomic E-state index is 12.2. The molecular weight excluding hydrogens is 334 g/mol. The van der Waals surface area contributed by atoms with Crippen molar-refractivity contribution in [2.24, 2.45) is 0 Å². The minimum atomic E-state index is -0.390. The van der Waals surface area contributed by atoms with Gasteiger partial charge in [0.1, 0.15) is 5.75 Å². The van der Waals surface area contributed by atoms with E-state index in [-0.39, 0.29) is 24.1 Å². The predicted octanol–water partition coefficient (Wildman–Crippen LogP) is 1.39. The van der Waals surface area contributed by atoms with Gasteiger partial charge in [-0.3, -0.25) is 14.4 Å². The molecule has 1 aromatic rings. The summed E-state index contributed by atoms with van der Waals surface area (Å²) >= 11 is 0. The minimum Gasteiger partial charge on any atom is -0.497 e. The predicted molar refractivity (Wildman–Crippen MR) is 97.6 cm³/mol. The number of likely N-dealkylation sites (tertiary alicyclic amines) is 1. The number of benzene rings is 1. The zero-order valence-electron chi connectivity index (χ0n) is 15.4. The van der Waals surface area contributed by atoms with E-state index < -0.39 is 6.04 Å². The average molecular weight is 361 g/mol. The number of rotatable bonds is 9. The molecule has 1 saturated heterocycles. The second-order valence-corrected chi connectivity index (χ2v) is 6.42. The van der Waals surface area contributed by atoms with Gasteiger partial charge in [-0.15, -0.1) is 0 Å². The lowest BCUT2D eigenvalue weighted by Gasteiger charge is -2.19. The molecule has 7 nitrogen and oxygen atoms in total. The monoisotopic (exact) mass is 361 g/mol. The molecule has 1 aliphatic heterocycles. The first-order valence-corrected chi connectivity index (χ1v) is 8.95. The fraction of sp³-hybridized carbons (Fsp3) is 0.526. The Bertz CT molecular complexity index is 630. The third-order valence-corrected chi connectivity index (χ3v) is 4.38. The molecule has 142 valence electrons. The Morgan fingerprint density at radius 1 is 1.27 bits per heavy atom. The van der Waals surface area contributed by atoms with Crippen LogP contribution in [0.3, 0.4) is 0 Å². The van der Waals surface area contributed by atoms with E-state index in [2.05, 4.69) is 10.6 Å². The van der Waals surface area contributed by atoms with E-state index in [1.807, 2.05) is 17.0 Å². The second-order valence-electron chi connectivity index (χ2n) is 6.42. The van der Waals surface area contributed by atoms with Crippen LogP contribution in [-0.2, 0) is 14.4 Å². The standard InChI is InChI=1S/C19H27N3O4/c1-14(23)21-17(15-6-8-16(26-2)9-7-15)13-18(24)20-10-4-12-22-11-3-5-19(22)25/h6-9,17H,3-5,10-13H2,1-2H3,(H,20,24)(H,21,23)/t17-/m0/s1. The number of hydrogen-bond donors (Lipinski definition) is 2. The molecule has 0 spiro atoms. The van der Waals surface area contributed by atoms with Crippen molar-refractivity contribution in [3.05, 3.63) is 29.8 Å². The van der Waals surface area contributed by atoms with E-state index >= 15 is 0 Å². The third kappa shape index (κ3) is 6.06. The van der Waals surface area contributed by atoms with Crippen LogP contribution in [0.1, 0.15) is 44.2 Å². The van der Waals surface area contributed by atoms with Gasteiger partial charge in [-0.25, -0.2) is 0 Å². The Labute approximate surface area is 154 Å². The molecule has 7 heteroatoms. The molecule has 26 heavy (non-hydrogen) atoms. The van der Waals surface area contributed by atoms with Gasteiger partial charge in [0, 0.05) is 33.0 Å². The number of carbonyl (C=O) groups is 3. The molecule has 1 fully saturated rings. The molecule has 0 unspecified atom stereocenters. The largest absolute Gasteiger partial charge is 0.497 e. The summed E-state index contributed by atoms with van der Waals surface area (Å²) in [6.07, 6.45) is 2.44. The maximum Gasteiger partial charge on any atom is 0.222 e. The van der Waals surface area contributed by atoms with Gasteiger partial charge in [0.05, 0.1) is 19.6 Å². The summed E-state index contributed by atoms with van der Waals surface area (Å²) in [4.78, 5) is 37.1. The fourth-order valence-corrected chi connectivity index (χ4v) is 3.03. The fourth-order valence-electron chi connectivity index (χ4n) is 3.03. The molecule has 1 atom stereocenters. The van der Waals surface area contributed by atoms with Crippen LogP contribution in [0.25, 0.3) is 0 Å². The Morgan fingerprint density at radius 2 is 2.00 bits per heavy atom. The van der Waals surface area contributed by atoms with Crippen LogP contribution < -0.4 is 15.4 Å². The van der Waals surface area contributed by atoms with Crippen LogP contribution in [-0.4, -0.2) is 49.4 Å². The van der Waals surface area contributed by atoms with Crippen molar-refractivity contribution in [3.63, 3.8) is 0 Å². The molecule has 0 aromatic heterocycles. The normalized spacial score (nSPS) is 14.8. The van der Waals surface area contributed by atoms with Crippen LogP contribution in [0, 0.1) is 0 Å². The number of methoxy groups -OCH3 is 1. The van der Waals surface area contributed by atoms with E-state index in [0.29, 0.717) is 19.5 Å². The first-order chi connectivity index (χ1) is 12.5. The summed E-state index contributed by atoms with van der Waals surface area (Å²) in [6.45, 7) is 3.43. The summed E-state index contributed by atoms with van der Waals surface area (Å²) in [5.74, 6) is 0.594. The molecule has 1 heterocycles. The second kappa shape index (κ2) is 9.79. The summed E-state index contributed by atoms with van der Waals surface area (Å²) in [5, 5.41) is 5.68. The van der Waals surface area contributed by atoms with Gasteiger partial charge in [-0.1, -0.05) is 12.1 Å². The highest BCUT2D eigenvalue weighted by Crippen LogP contribution is 2.20. The van der Waals surface area contributed by atoms with Crippen molar-refractivity contribution in [1.82, 2.24) is 15.5 Å². The molecule has 0 radical (unpaired) electrons. The van der Waals surface area contributed by atoms with Crippen LogP contribution >= 0.6 is 0 Å². The summed E-state index contributed by atoms with van der Waals surface area (Å²) in [5.41, 5.74) is 0.846. The third-order valence-electron chi connectivity index (χ3n) is 4.38. The number of carbonyl (C=O) groups excluding carboxylic acids is 3. The number of ether oxygens (including phenoxy) is 1. The molecule has 0 aliphatic carbocycles. The molecule has 3 amide bonds. The van der Waals surface area contributed by atoms with Crippen molar-refractivity contribution >= 4 is 17.7 Å². The lowest BCUT2D eigenvalue weighted by Crippen LogP contribution is -2.34. The van der Waals surface area contributed by atoms with Gasteiger partial charge in [0.25, 0.3) is 0 Å². The first kappa shape index (κ1) is 19.8. The molecular formula is C19H27N3O4. The van der Waals surface area contributed by atoms with Crippen molar-refractivity contribution in [1.29, 1.82) is 0 Å². The van der Waals surface area contributed by atoms with Gasteiger partial charge in [0.15, 0.2) is 0 Å². The van der Waals surface area contributed by atoms with E-state index in [4.69, 9.17) is 4.74 Å². The van der Waals surface area contributed by atoms with Gasteiger partial charge in [0.2, 0.25) is 17.7 Å². The van der Waals surface area contributed by atoms with E-state index in [1.54, 1.807) is 19.2 Å². The number of amides is 3. The summed E-state index contributed by atoms with van der Waals surface area (Å²) < 4.78 is 5.13. The van der Waals surface area contributed by atoms with E-state index in [1.165, 1.54) is 6.92 Å². The van der Waals surface area contributed by atoms with Crippen molar-refractivity contribution in [2.45, 2.75) is 38.6 Å². The molecule has 0 bridgehead atoms. The SMILES string of the molecule is COc1ccc([C@H](CC(=O)NCCCN2CCCC2=O)NC(C)=O)cc1. The summed E-state index contributed by atoms with van der Waals surface area (Å²) in [7, 11) is 1.59. The van der Waals surface area contributed by atoms with E-state index in [9.17, 15) is 14.4 Å². The molecule has 2 N–H and O–H groups in total. The van der Waals surface area contributed by atoms with Crippen LogP contribution in [0.5, 0.6) is 5.75 Å². The lowest BCUT2D eigenvalue weighted by molar-refractivity contribution is -0.127. The zero-order valence-corrected chi connectivity index (χ0v) is 15.4. The molecule has 1 aliphatic rings. The number of hydrogen-bond acceptors (Lipinski definition) is 4. The molecule has 1 aromatic carbocycles. The van der Waals surface area contributed by atoms with Crippen LogP contribution in [0.4, 0.5) is 0 Å². The Hall–Kier alpha value is -2.57. The van der Waals surface area contributed by atoms with Gasteiger partial charge in [-0.2, -0.15) is 0 Å². The first-order valence-electron chi connectivity index (χ1n) is 8.95. The Kier molecular flexibility index (Phi) is 7.44. The Morgan fingerprint density at radius 3 is 2.58 bits per heavy atom. The van der Waals surface area contributed by atoms with Gasteiger partial charge < -0.3 is 20.3 Å². The van der Waals surface area contributed by atoms with Crippen molar-refractivity contribution < 1.29 is 19.1 Å². The molecule has 2 rings (SSSR count). The number of nitrogens with zero attached hydrogens (tertiary/aromatic N) is 1. The summed E-state index contributed by atoms with van der Waals surface area (Å²) in [6, 6.07) is 6.89. The Balaban J connectivity index is 1.81. The number of nitrogens with one attached hydrogen (secondary N) is 2. The van der Waals surface area contributed by atoms with Gasteiger partial charge in [-0.05, 0) is 30.5 Å².